The van der Waals surface area contributed by atoms with E-state index in [1.165, 1.54) is 12.1 Å². The molecule has 0 aliphatic rings. The van der Waals surface area contributed by atoms with Gasteiger partial charge in [-0.05, 0) is 45.0 Å². The first-order valence-electron chi connectivity index (χ1n) is 6.77. The molecule has 0 spiro atoms. The zero-order valence-electron chi connectivity index (χ0n) is 13.4. The summed E-state index contributed by atoms with van der Waals surface area (Å²) in [6.07, 6.45) is 0. The van der Waals surface area contributed by atoms with Crippen molar-refractivity contribution in [2.75, 3.05) is 5.32 Å². The third kappa shape index (κ3) is 5.47. The molecule has 21 heavy (non-hydrogen) atoms. The molecule has 118 valence electrons. The molecule has 0 saturated carbocycles. The van der Waals surface area contributed by atoms with Crippen molar-refractivity contribution in [3.8, 4) is 0 Å². The van der Waals surface area contributed by atoms with Crippen LogP contribution >= 0.6 is 0 Å². The minimum atomic E-state index is -3.55. The first-order chi connectivity index (χ1) is 9.31. The van der Waals surface area contributed by atoms with Crippen LogP contribution in [-0.2, 0) is 14.8 Å². The predicted octanol–water partition coefficient (Wildman–Crippen LogP) is 2.75. The molecular weight excluding hydrogens is 288 g/mol. The monoisotopic (exact) mass is 312 g/mol. The van der Waals surface area contributed by atoms with Gasteiger partial charge >= 0.3 is 0 Å². The Balaban J connectivity index is 2.91. The fraction of sp³-hybridized carbons (Fsp3) is 0.533. The van der Waals surface area contributed by atoms with E-state index in [1.54, 1.807) is 32.9 Å². The summed E-state index contributed by atoms with van der Waals surface area (Å²) in [5.41, 5.74) is -0.471. The van der Waals surface area contributed by atoms with E-state index in [0.717, 1.165) is 0 Å². The zero-order chi connectivity index (χ0) is 16.5. The Bertz CT molecular complexity index is 606. The van der Waals surface area contributed by atoms with Crippen molar-refractivity contribution in [2.45, 2.75) is 52.0 Å². The average molecular weight is 312 g/mol. The van der Waals surface area contributed by atoms with E-state index in [4.69, 9.17) is 0 Å². The molecule has 0 aromatic heterocycles. The van der Waals surface area contributed by atoms with E-state index in [0.29, 0.717) is 5.69 Å². The summed E-state index contributed by atoms with van der Waals surface area (Å²) in [4.78, 5) is 12.0. The Kier molecular flexibility index (Phi) is 4.85. The lowest BCUT2D eigenvalue weighted by atomic mass is 9.95. The van der Waals surface area contributed by atoms with Crippen LogP contribution in [0, 0.1) is 5.41 Å². The smallest absolute Gasteiger partial charge is 0.241 e. The summed E-state index contributed by atoms with van der Waals surface area (Å²) in [7, 11) is -3.55. The van der Waals surface area contributed by atoms with Crippen LogP contribution in [0.15, 0.2) is 29.2 Å². The number of hydrogen-bond donors (Lipinski definition) is 2. The summed E-state index contributed by atoms with van der Waals surface area (Å²) in [6, 6.07) is 6.13. The zero-order valence-corrected chi connectivity index (χ0v) is 14.3. The number of carbonyl (C=O) groups excluding carboxylic acids is 1. The number of hydrogen-bond acceptors (Lipinski definition) is 3. The van der Waals surface area contributed by atoms with Crippen molar-refractivity contribution in [1.29, 1.82) is 0 Å². The SMILES string of the molecule is CC(C)(C)NS(=O)(=O)c1ccc(NC(=O)C(C)(C)C)cc1. The first kappa shape index (κ1) is 17.7. The molecule has 0 aliphatic carbocycles. The average Bonchev–Trinajstić information content (AvgIpc) is 2.25. The van der Waals surface area contributed by atoms with Crippen LogP contribution in [0.5, 0.6) is 0 Å². The largest absolute Gasteiger partial charge is 0.326 e. The van der Waals surface area contributed by atoms with Crippen molar-refractivity contribution < 1.29 is 13.2 Å². The van der Waals surface area contributed by atoms with Crippen LogP contribution < -0.4 is 10.0 Å². The minimum Gasteiger partial charge on any atom is -0.326 e. The Morgan fingerprint density at radius 2 is 1.43 bits per heavy atom. The topological polar surface area (TPSA) is 75.3 Å². The van der Waals surface area contributed by atoms with E-state index in [9.17, 15) is 13.2 Å². The third-order valence-electron chi connectivity index (χ3n) is 2.54. The van der Waals surface area contributed by atoms with Crippen LogP contribution in [-0.4, -0.2) is 19.9 Å². The lowest BCUT2D eigenvalue weighted by Crippen LogP contribution is -2.40. The van der Waals surface area contributed by atoms with E-state index in [1.807, 2.05) is 20.8 Å². The Hall–Kier alpha value is -1.40. The molecule has 0 fully saturated rings. The Morgan fingerprint density at radius 1 is 0.952 bits per heavy atom. The molecule has 5 nitrogen and oxygen atoms in total. The molecular formula is C15H24N2O3S. The molecule has 0 radical (unpaired) electrons. The van der Waals surface area contributed by atoms with Gasteiger partial charge in [0.2, 0.25) is 15.9 Å². The number of anilines is 1. The second-order valence-electron chi connectivity index (χ2n) is 7.08. The molecule has 0 unspecified atom stereocenters. The van der Waals surface area contributed by atoms with Gasteiger partial charge in [-0.15, -0.1) is 0 Å². The van der Waals surface area contributed by atoms with Gasteiger partial charge in [-0.25, -0.2) is 13.1 Å². The van der Waals surface area contributed by atoms with Gasteiger partial charge in [0.25, 0.3) is 0 Å². The third-order valence-corrected chi connectivity index (χ3v) is 4.32. The van der Waals surface area contributed by atoms with Crippen LogP contribution in [0.4, 0.5) is 5.69 Å². The molecule has 0 aliphatic heterocycles. The second-order valence-corrected chi connectivity index (χ2v) is 8.77. The second kappa shape index (κ2) is 5.77. The molecule has 1 rings (SSSR count). The van der Waals surface area contributed by atoms with Gasteiger partial charge in [-0.1, -0.05) is 20.8 Å². The van der Waals surface area contributed by atoms with Crippen LogP contribution in [0.1, 0.15) is 41.5 Å². The normalized spacial score (nSPS) is 13.0. The molecule has 1 aromatic carbocycles. The van der Waals surface area contributed by atoms with Gasteiger partial charge in [0.15, 0.2) is 0 Å². The van der Waals surface area contributed by atoms with Gasteiger partial charge in [0.05, 0.1) is 4.90 Å². The maximum Gasteiger partial charge on any atom is 0.241 e. The van der Waals surface area contributed by atoms with Crippen molar-refractivity contribution in [2.24, 2.45) is 5.41 Å². The highest BCUT2D eigenvalue weighted by Gasteiger charge is 2.23. The maximum atomic E-state index is 12.1. The molecule has 6 heteroatoms. The standard InChI is InChI=1S/C15H24N2O3S/c1-14(2,3)13(18)16-11-7-9-12(10-8-11)21(19,20)17-15(4,5)6/h7-10,17H,1-6H3,(H,16,18). The van der Waals surface area contributed by atoms with Gasteiger partial charge in [0, 0.05) is 16.6 Å². The minimum absolute atomic E-state index is 0.120. The number of benzene rings is 1. The van der Waals surface area contributed by atoms with Crippen LogP contribution in [0.25, 0.3) is 0 Å². The molecule has 0 bridgehead atoms. The molecule has 0 heterocycles. The molecule has 1 aromatic rings. The van der Waals surface area contributed by atoms with E-state index in [-0.39, 0.29) is 10.8 Å². The van der Waals surface area contributed by atoms with E-state index < -0.39 is 21.0 Å². The van der Waals surface area contributed by atoms with Crippen molar-refractivity contribution >= 4 is 21.6 Å². The number of rotatable bonds is 3. The Labute approximate surface area is 127 Å². The highest BCUT2D eigenvalue weighted by molar-refractivity contribution is 7.89. The number of carbonyl (C=O) groups is 1. The summed E-state index contributed by atoms with van der Waals surface area (Å²) < 4.78 is 26.9. The highest BCUT2D eigenvalue weighted by Crippen LogP contribution is 2.19. The number of amides is 1. The highest BCUT2D eigenvalue weighted by atomic mass is 32.2. The number of nitrogens with one attached hydrogen (secondary N) is 2. The quantitative estimate of drug-likeness (QED) is 0.901. The first-order valence-corrected chi connectivity index (χ1v) is 8.25. The molecule has 0 saturated heterocycles. The van der Waals surface area contributed by atoms with Gasteiger partial charge in [-0.2, -0.15) is 0 Å². The van der Waals surface area contributed by atoms with Crippen molar-refractivity contribution in [3.63, 3.8) is 0 Å². The maximum absolute atomic E-state index is 12.1. The van der Waals surface area contributed by atoms with Gasteiger partial charge in [-0.3, -0.25) is 4.79 Å². The summed E-state index contributed by atoms with van der Waals surface area (Å²) in [6.45, 7) is 10.8. The van der Waals surface area contributed by atoms with Gasteiger partial charge in [0.1, 0.15) is 0 Å². The Morgan fingerprint density at radius 3 is 1.81 bits per heavy atom. The number of sulfonamides is 1. The summed E-state index contributed by atoms with van der Waals surface area (Å²) in [5, 5.41) is 2.75. The van der Waals surface area contributed by atoms with E-state index in [2.05, 4.69) is 10.0 Å². The summed E-state index contributed by atoms with van der Waals surface area (Å²) >= 11 is 0. The molecule has 2 N–H and O–H groups in total. The summed E-state index contributed by atoms with van der Waals surface area (Å²) in [5.74, 6) is -0.120. The molecule has 1 amide bonds. The predicted molar refractivity (Wildman–Crippen MR) is 84.6 cm³/mol. The fourth-order valence-corrected chi connectivity index (χ4v) is 2.92. The lowest BCUT2D eigenvalue weighted by Gasteiger charge is -2.21. The lowest BCUT2D eigenvalue weighted by molar-refractivity contribution is -0.123. The fourth-order valence-electron chi connectivity index (χ4n) is 1.50. The van der Waals surface area contributed by atoms with Crippen molar-refractivity contribution in [1.82, 2.24) is 4.72 Å². The van der Waals surface area contributed by atoms with Crippen molar-refractivity contribution in [3.05, 3.63) is 24.3 Å². The van der Waals surface area contributed by atoms with Gasteiger partial charge < -0.3 is 5.32 Å². The van der Waals surface area contributed by atoms with Crippen LogP contribution in [0.2, 0.25) is 0 Å². The molecule has 0 atom stereocenters. The van der Waals surface area contributed by atoms with Crippen LogP contribution in [0.3, 0.4) is 0 Å². The van der Waals surface area contributed by atoms with E-state index >= 15 is 0 Å².